The van der Waals surface area contributed by atoms with Crippen molar-refractivity contribution >= 4 is 5.69 Å². The number of aromatic nitrogens is 1. The van der Waals surface area contributed by atoms with E-state index < -0.39 is 0 Å². The van der Waals surface area contributed by atoms with E-state index >= 15 is 0 Å². The standard InChI is InChI=1S/C15H23N3O/c1-11-4-5-14(6-16-11)17-7-13(3)18(8-12(17)2)15-9-19-10-15/h4-6,12-13,15H,7-10H2,1-3H3. The van der Waals surface area contributed by atoms with Crippen LogP contribution in [0.3, 0.4) is 0 Å². The molecule has 1 aromatic rings. The zero-order chi connectivity index (χ0) is 13.4. The molecular formula is C15H23N3O. The van der Waals surface area contributed by atoms with E-state index in [1.54, 1.807) is 0 Å². The zero-order valence-electron chi connectivity index (χ0n) is 12.0. The van der Waals surface area contributed by atoms with E-state index in [2.05, 4.69) is 40.8 Å². The normalized spacial score (nSPS) is 29.3. The summed E-state index contributed by atoms with van der Waals surface area (Å²) < 4.78 is 5.33. The second-order valence-corrected chi connectivity index (χ2v) is 5.90. The number of piperazine rings is 1. The molecule has 0 amide bonds. The van der Waals surface area contributed by atoms with Gasteiger partial charge in [-0.15, -0.1) is 0 Å². The predicted octanol–water partition coefficient (Wildman–Crippen LogP) is 1.69. The monoisotopic (exact) mass is 261 g/mol. The maximum Gasteiger partial charge on any atom is 0.0645 e. The molecule has 2 aliphatic rings. The van der Waals surface area contributed by atoms with Crippen LogP contribution in [0.15, 0.2) is 18.3 Å². The number of ether oxygens (including phenoxy) is 1. The lowest BCUT2D eigenvalue weighted by molar-refractivity contribution is -0.0828. The number of rotatable bonds is 2. The zero-order valence-corrected chi connectivity index (χ0v) is 12.0. The third kappa shape index (κ3) is 2.47. The number of pyridine rings is 1. The summed E-state index contributed by atoms with van der Waals surface area (Å²) in [7, 11) is 0. The van der Waals surface area contributed by atoms with Crippen molar-refractivity contribution in [1.82, 2.24) is 9.88 Å². The van der Waals surface area contributed by atoms with Gasteiger partial charge in [-0.2, -0.15) is 0 Å². The molecule has 0 bridgehead atoms. The molecule has 0 aliphatic carbocycles. The van der Waals surface area contributed by atoms with Gasteiger partial charge in [0.05, 0.1) is 31.1 Å². The van der Waals surface area contributed by atoms with Gasteiger partial charge in [-0.25, -0.2) is 0 Å². The summed E-state index contributed by atoms with van der Waals surface area (Å²) in [5.41, 5.74) is 2.32. The summed E-state index contributed by atoms with van der Waals surface area (Å²) in [6.45, 7) is 10.7. The van der Waals surface area contributed by atoms with Gasteiger partial charge in [0.1, 0.15) is 0 Å². The quantitative estimate of drug-likeness (QED) is 0.810. The third-order valence-electron chi connectivity index (χ3n) is 4.35. The molecule has 3 heterocycles. The summed E-state index contributed by atoms with van der Waals surface area (Å²) >= 11 is 0. The molecule has 104 valence electrons. The van der Waals surface area contributed by atoms with E-state index in [1.807, 2.05) is 13.1 Å². The molecule has 2 unspecified atom stereocenters. The fourth-order valence-corrected chi connectivity index (χ4v) is 3.07. The first-order valence-electron chi connectivity index (χ1n) is 7.18. The molecule has 2 fully saturated rings. The van der Waals surface area contributed by atoms with Gasteiger partial charge in [-0.3, -0.25) is 9.88 Å². The van der Waals surface area contributed by atoms with Crippen LogP contribution < -0.4 is 4.90 Å². The summed E-state index contributed by atoms with van der Waals surface area (Å²) in [4.78, 5) is 9.50. The smallest absolute Gasteiger partial charge is 0.0645 e. The highest BCUT2D eigenvalue weighted by Crippen LogP contribution is 2.25. The highest BCUT2D eigenvalue weighted by atomic mass is 16.5. The van der Waals surface area contributed by atoms with Gasteiger partial charge in [-0.1, -0.05) is 0 Å². The maximum atomic E-state index is 5.33. The lowest BCUT2D eigenvalue weighted by Crippen LogP contribution is -2.63. The largest absolute Gasteiger partial charge is 0.378 e. The lowest BCUT2D eigenvalue weighted by atomic mass is 10.0. The van der Waals surface area contributed by atoms with Gasteiger partial charge in [0.15, 0.2) is 0 Å². The van der Waals surface area contributed by atoms with Crippen LogP contribution in [-0.2, 0) is 4.74 Å². The molecule has 3 rings (SSSR count). The molecule has 0 saturated carbocycles. The van der Waals surface area contributed by atoms with E-state index in [0.717, 1.165) is 32.0 Å². The Hall–Kier alpha value is -1.13. The predicted molar refractivity (Wildman–Crippen MR) is 76.6 cm³/mol. The van der Waals surface area contributed by atoms with Crippen molar-refractivity contribution in [2.45, 2.75) is 38.9 Å². The number of nitrogens with zero attached hydrogens (tertiary/aromatic N) is 3. The molecule has 4 nitrogen and oxygen atoms in total. The topological polar surface area (TPSA) is 28.6 Å². The second kappa shape index (κ2) is 5.10. The minimum atomic E-state index is 0.529. The van der Waals surface area contributed by atoms with Crippen LogP contribution >= 0.6 is 0 Å². The molecule has 1 aromatic heterocycles. The van der Waals surface area contributed by atoms with Gasteiger partial charge in [-0.05, 0) is 32.9 Å². The first-order chi connectivity index (χ1) is 9.15. The fraction of sp³-hybridized carbons (Fsp3) is 0.667. The van der Waals surface area contributed by atoms with Crippen LogP contribution in [0, 0.1) is 6.92 Å². The molecule has 0 radical (unpaired) electrons. The van der Waals surface area contributed by atoms with Crippen molar-refractivity contribution in [3.8, 4) is 0 Å². The SMILES string of the molecule is Cc1ccc(N2CC(C)N(C3COC3)CC2C)cn1. The summed E-state index contributed by atoms with van der Waals surface area (Å²) in [6.07, 6.45) is 2.00. The Morgan fingerprint density at radius 3 is 2.53 bits per heavy atom. The minimum Gasteiger partial charge on any atom is -0.378 e. The fourth-order valence-electron chi connectivity index (χ4n) is 3.07. The Bertz CT molecular complexity index is 430. The summed E-state index contributed by atoms with van der Waals surface area (Å²) in [5.74, 6) is 0. The van der Waals surface area contributed by atoms with Crippen LogP contribution in [0.4, 0.5) is 5.69 Å². The van der Waals surface area contributed by atoms with Crippen LogP contribution in [0.5, 0.6) is 0 Å². The molecule has 19 heavy (non-hydrogen) atoms. The summed E-state index contributed by atoms with van der Waals surface area (Å²) in [6, 6.07) is 6.02. The van der Waals surface area contributed by atoms with Crippen LogP contribution in [0.25, 0.3) is 0 Å². The molecule has 0 spiro atoms. The summed E-state index contributed by atoms with van der Waals surface area (Å²) in [5, 5.41) is 0. The average molecular weight is 261 g/mol. The van der Waals surface area contributed by atoms with E-state index in [-0.39, 0.29) is 0 Å². The number of aryl methyl sites for hydroxylation is 1. The van der Waals surface area contributed by atoms with Gasteiger partial charge in [0.2, 0.25) is 0 Å². The number of anilines is 1. The van der Waals surface area contributed by atoms with Crippen molar-refractivity contribution in [2.24, 2.45) is 0 Å². The molecular weight excluding hydrogens is 238 g/mol. The van der Waals surface area contributed by atoms with Gasteiger partial charge in [0.25, 0.3) is 0 Å². The Balaban J connectivity index is 1.72. The molecule has 0 N–H and O–H groups in total. The first-order valence-corrected chi connectivity index (χ1v) is 7.18. The Kier molecular flexibility index (Phi) is 3.46. The minimum absolute atomic E-state index is 0.529. The van der Waals surface area contributed by atoms with E-state index in [9.17, 15) is 0 Å². The van der Waals surface area contributed by atoms with E-state index in [0.29, 0.717) is 18.1 Å². The Morgan fingerprint density at radius 1 is 1.16 bits per heavy atom. The molecule has 2 aliphatic heterocycles. The van der Waals surface area contributed by atoms with Gasteiger partial charge in [0, 0.05) is 30.9 Å². The number of hydrogen-bond acceptors (Lipinski definition) is 4. The highest BCUT2D eigenvalue weighted by Gasteiger charge is 2.36. The van der Waals surface area contributed by atoms with Crippen LogP contribution in [-0.4, -0.2) is 54.3 Å². The van der Waals surface area contributed by atoms with Crippen molar-refractivity contribution < 1.29 is 4.74 Å². The van der Waals surface area contributed by atoms with E-state index in [4.69, 9.17) is 4.74 Å². The molecule has 4 heteroatoms. The number of hydrogen-bond donors (Lipinski definition) is 0. The lowest BCUT2D eigenvalue weighted by Gasteiger charge is -2.50. The molecule has 2 atom stereocenters. The molecule has 0 aromatic carbocycles. The van der Waals surface area contributed by atoms with Crippen molar-refractivity contribution in [1.29, 1.82) is 0 Å². The third-order valence-corrected chi connectivity index (χ3v) is 4.35. The average Bonchev–Trinajstić information content (AvgIpc) is 2.32. The highest BCUT2D eigenvalue weighted by molar-refractivity contribution is 5.46. The van der Waals surface area contributed by atoms with Crippen LogP contribution in [0.2, 0.25) is 0 Å². The van der Waals surface area contributed by atoms with E-state index in [1.165, 1.54) is 5.69 Å². The van der Waals surface area contributed by atoms with Gasteiger partial charge >= 0.3 is 0 Å². The van der Waals surface area contributed by atoms with Crippen molar-refractivity contribution in [3.05, 3.63) is 24.0 Å². The molecule has 2 saturated heterocycles. The van der Waals surface area contributed by atoms with Crippen LogP contribution in [0.1, 0.15) is 19.5 Å². The second-order valence-electron chi connectivity index (χ2n) is 5.90. The Labute approximate surface area is 115 Å². The van der Waals surface area contributed by atoms with Crippen molar-refractivity contribution in [3.63, 3.8) is 0 Å². The van der Waals surface area contributed by atoms with Crippen molar-refractivity contribution in [2.75, 3.05) is 31.2 Å². The first kappa shape index (κ1) is 12.9. The maximum absolute atomic E-state index is 5.33. The Morgan fingerprint density at radius 2 is 1.95 bits per heavy atom. The van der Waals surface area contributed by atoms with Gasteiger partial charge < -0.3 is 9.64 Å².